The zero-order chi connectivity index (χ0) is 13.1. The first-order chi connectivity index (χ1) is 8.59. The summed E-state index contributed by atoms with van der Waals surface area (Å²) in [4.78, 5) is 0. The van der Waals surface area contributed by atoms with Gasteiger partial charge in [-0.3, -0.25) is 0 Å². The van der Waals surface area contributed by atoms with Crippen molar-refractivity contribution in [3.63, 3.8) is 0 Å². The van der Waals surface area contributed by atoms with Crippen LogP contribution in [0.25, 0.3) is 0 Å². The second-order valence-electron chi connectivity index (χ2n) is 3.95. The van der Waals surface area contributed by atoms with Crippen molar-refractivity contribution in [2.45, 2.75) is 12.5 Å². The van der Waals surface area contributed by atoms with Crippen molar-refractivity contribution in [2.75, 3.05) is 0 Å². The maximum absolute atomic E-state index is 10.3. The van der Waals surface area contributed by atoms with Gasteiger partial charge in [-0.05, 0) is 45.9 Å². The van der Waals surface area contributed by atoms with Gasteiger partial charge in [-0.15, -0.1) is 0 Å². The molecule has 1 atom stereocenters. The Bertz CT molecular complexity index is 557. The molecule has 1 unspecified atom stereocenters. The predicted octanol–water partition coefficient (Wildman–Crippen LogP) is 4.87. The first-order valence-corrected chi connectivity index (χ1v) is 7.28. The highest BCUT2D eigenvalue weighted by Crippen LogP contribution is 2.30. The lowest BCUT2D eigenvalue weighted by Crippen LogP contribution is -2.04. The minimum Gasteiger partial charge on any atom is -0.388 e. The van der Waals surface area contributed by atoms with E-state index >= 15 is 0 Å². The molecule has 0 aliphatic carbocycles. The number of hydrogen-bond donors (Lipinski definition) is 1. The first-order valence-electron chi connectivity index (χ1n) is 5.45. The monoisotopic (exact) mass is 392 g/mol. The van der Waals surface area contributed by atoms with Crippen LogP contribution >= 0.6 is 45.8 Å². The average Bonchev–Trinajstić information content (AvgIpc) is 2.35. The highest BCUT2D eigenvalue weighted by atomic mass is 127. The number of aliphatic hydroxyl groups is 1. The van der Waals surface area contributed by atoms with Crippen LogP contribution < -0.4 is 0 Å². The van der Waals surface area contributed by atoms with Crippen molar-refractivity contribution in [1.29, 1.82) is 0 Å². The van der Waals surface area contributed by atoms with Crippen molar-refractivity contribution in [3.8, 4) is 0 Å². The summed E-state index contributed by atoms with van der Waals surface area (Å²) in [6.07, 6.45) is -0.117. The lowest BCUT2D eigenvalue weighted by Gasteiger charge is -2.14. The van der Waals surface area contributed by atoms with Gasteiger partial charge in [0.15, 0.2) is 0 Å². The molecule has 0 fully saturated rings. The van der Waals surface area contributed by atoms with E-state index in [9.17, 15) is 5.11 Å². The molecule has 1 nitrogen and oxygen atoms in total. The van der Waals surface area contributed by atoms with E-state index in [1.165, 1.54) is 0 Å². The quantitative estimate of drug-likeness (QED) is 0.738. The first kappa shape index (κ1) is 14.1. The molecule has 0 heterocycles. The molecule has 0 saturated heterocycles. The fourth-order valence-electron chi connectivity index (χ4n) is 1.77. The summed E-state index contributed by atoms with van der Waals surface area (Å²) >= 11 is 14.3. The van der Waals surface area contributed by atoms with E-state index in [0.29, 0.717) is 16.5 Å². The van der Waals surface area contributed by atoms with Gasteiger partial charge < -0.3 is 5.11 Å². The Morgan fingerprint density at radius 1 is 1.06 bits per heavy atom. The molecule has 0 spiro atoms. The van der Waals surface area contributed by atoms with Crippen LogP contribution in [-0.4, -0.2) is 5.11 Å². The third-order valence-electron chi connectivity index (χ3n) is 2.71. The molecule has 2 rings (SSSR count). The van der Waals surface area contributed by atoms with Gasteiger partial charge in [0.05, 0.1) is 16.1 Å². The molecule has 0 aliphatic heterocycles. The molecule has 18 heavy (non-hydrogen) atoms. The Hall–Kier alpha value is -0.290. The molecule has 94 valence electrons. The third kappa shape index (κ3) is 3.18. The second kappa shape index (κ2) is 6.24. The molecular weight excluding hydrogens is 382 g/mol. The maximum atomic E-state index is 10.3. The molecule has 0 saturated carbocycles. The Morgan fingerprint density at radius 3 is 2.50 bits per heavy atom. The smallest absolute Gasteiger partial charge is 0.0841 e. The molecule has 2 aromatic carbocycles. The summed E-state index contributed by atoms with van der Waals surface area (Å²) in [5.41, 5.74) is 1.77. The van der Waals surface area contributed by atoms with Crippen LogP contribution in [0.2, 0.25) is 10.0 Å². The van der Waals surface area contributed by atoms with Gasteiger partial charge in [-0.25, -0.2) is 0 Å². The number of aliphatic hydroxyl groups excluding tert-OH is 1. The largest absolute Gasteiger partial charge is 0.388 e. The van der Waals surface area contributed by atoms with E-state index in [2.05, 4.69) is 22.6 Å². The zero-order valence-corrected chi connectivity index (χ0v) is 13.1. The van der Waals surface area contributed by atoms with E-state index in [0.717, 1.165) is 14.7 Å². The highest BCUT2D eigenvalue weighted by molar-refractivity contribution is 14.1. The third-order valence-corrected chi connectivity index (χ3v) is 4.55. The summed E-state index contributed by atoms with van der Waals surface area (Å²) in [7, 11) is 0. The van der Waals surface area contributed by atoms with E-state index in [1.807, 2.05) is 36.4 Å². The van der Waals surface area contributed by atoms with Gasteiger partial charge in [0.25, 0.3) is 0 Å². The van der Waals surface area contributed by atoms with Crippen LogP contribution in [0.4, 0.5) is 0 Å². The molecule has 0 radical (unpaired) electrons. The van der Waals surface area contributed by atoms with Gasteiger partial charge in [0.2, 0.25) is 0 Å². The lowest BCUT2D eigenvalue weighted by atomic mass is 10.0. The average molecular weight is 393 g/mol. The molecule has 0 aromatic heterocycles. The van der Waals surface area contributed by atoms with E-state index in [1.54, 1.807) is 6.07 Å². The molecule has 2 aromatic rings. The summed E-state index contributed by atoms with van der Waals surface area (Å²) in [6, 6.07) is 13.2. The van der Waals surface area contributed by atoms with Crippen molar-refractivity contribution in [1.82, 2.24) is 0 Å². The van der Waals surface area contributed by atoms with Gasteiger partial charge in [0, 0.05) is 9.99 Å². The summed E-state index contributed by atoms with van der Waals surface area (Å²) in [5.74, 6) is 0. The van der Waals surface area contributed by atoms with Crippen molar-refractivity contribution >= 4 is 45.8 Å². The molecular formula is C14H11Cl2IO. The summed E-state index contributed by atoms with van der Waals surface area (Å²) < 4.78 is 1.04. The maximum Gasteiger partial charge on any atom is 0.0841 e. The minimum absolute atomic E-state index is 0.458. The fraction of sp³-hybridized carbons (Fsp3) is 0.143. The SMILES string of the molecule is OC(Cc1cccc(Cl)c1Cl)c1ccccc1I. The van der Waals surface area contributed by atoms with Gasteiger partial charge in [-0.1, -0.05) is 53.5 Å². The lowest BCUT2D eigenvalue weighted by molar-refractivity contribution is 0.177. The number of benzene rings is 2. The van der Waals surface area contributed by atoms with Gasteiger partial charge in [-0.2, -0.15) is 0 Å². The van der Waals surface area contributed by atoms with Crippen LogP contribution in [0.1, 0.15) is 17.2 Å². The Balaban J connectivity index is 2.24. The number of rotatable bonds is 3. The van der Waals surface area contributed by atoms with Crippen LogP contribution in [0.3, 0.4) is 0 Å². The number of hydrogen-bond acceptors (Lipinski definition) is 1. The molecule has 4 heteroatoms. The zero-order valence-electron chi connectivity index (χ0n) is 9.41. The van der Waals surface area contributed by atoms with E-state index < -0.39 is 6.10 Å². The van der Waals surface area contributed by atoms with Crippen molar-refractivity contribution < 1.29 is 5.11 Å². The van der Waals surface area contributed by atoms with E-state index in [4.69, 9.17) is 23.2 Å². The molecule has 0 bridgehead atoms. The van der Waals surface area contributed by atoms with Crippen molar-refractivity contribution in [2.24, 2.45) is 0 Å². The molecule has 0 aliphatic rings. The van der Waals surface area contributed by atoms with Crippen LogP contribution in [-0.2, 0) is 6.42 Å². The normalized spacial score (nSPS) is 12.4. The van der Waals surface area contributed by atoms with Crippen molar-refractivity contribution in [3.05, 3.63) is 67.2 Å². The Labute approximate surface area is 130 Å². The van der Waals surface area contributed by atoms with Crippen LogP contribution in [0.5, 0.6) is 0 Å². The summed E-state index contributed by atoms with van der Waals surface area (Å²) in [6.45, 7) is 0. The molecule has 0 amide bonds. The Morgan fingerprint density at radius 2 is 1.78 bits per heavy atom. The molecule has 1 N–H and O–H groups in total. The highest BCUT2D eigenvalue weighted by Gasteiger charge is 2.14. The minimum atomic E-state index is -0.575. The fourth-order valence-corrected chi connectivity index (χ4v) is 2.91. The predicted molar refractivity (Wildman–Crippen MR) is 84.3 cm³/mol. The topological polar surface area (TPSA) is 20.2 Å². The summed E-state index contributed by atoms with van der Waals surface area (Å²) in [5, 5.41) is 11.3. The van der Waals surface area contributed by atoms with Crippen LogP contribution in [0.15, 0.2) is 42.5 Å². The second-order valence-corrected chi connectivity index (χ2v) is 5.90. The van der Waals surface area contributed by atoms with E-state index in [-0.39, 0.29) is 0 Å². The Kier molecular flexibility index (Phi) is 4.90. The number of halogens is 3. The van der Waals surface area contributed by atoms with Crippen LogP contribution in [0, 0.1) is 3.57 Å². The van der Waals surface area contributed by atoms with Gasteiger partial charge >= 0.3 is 0 Å². The standard InChI is InChI=1S/C14H11Cl2IO/c15-11-6-3-4-9(14(11)16)8-13(18)10-5-1-2-7-12(10)17/h1-7,13,18H,8H2. The van der Waals surface area contributed by atoms with Gasteiger partial charge in [0.1, 0.15) is 0 Å².